The summed E-state index contributed by atoms with van der Waals surface area (Å²) in [6.07, 6.45) is 2.33. The lowest BCUT2D eigenvalue weighted by Gasteiger charge is -2.13. The molecule has 1 unspecified atom stereocenters. The van der Waals surface area contributed by atoms with Gasteiger partial charge in [0.25, 0.3) is 0 Å². The van der Waals surface area contributed by atoms with Crippen LogP contribution in [0.25, 0.3) is 0 Å². The highest BCUT2D eigenvalue weighted by Gasteiger charge is 2.15. The zero-order valence-corrected chi connectivity index (χ0v) is 12.6. The summed E-state index contributed by atoms with van der Waals surface area (Å²) in [5, 5.41) is 6.58. The number of hydrogen-bond donors (Lipinski definition) is 2. The average Bonchev–Trinajstić information content (AvgIpc) is 2.88. The molecular formula is C14H29N3O2. The Bertz CT molecular complexity index is 251. The van der Waals surface area contributed by atoms with Crippen LogP contribution in [0.15, 0.2) is 4.99 Å². The van der Waals surface area contributed by atoms with Gasteiger partial charge in [0.05, 0.1) is 12.7 Å². The Balaban J connectivity index is 2.08. The van der Waals surface area contributed by atoms with Crippen molar-refractivity contribution in [3.8, 4) is 0 Å². The Labute approximate surface area is 117 Å². The van der Waals surface area contributed by atoms with Gasteiger partial charge < -0.3 is 20.1 Å². The predicted molar refractivity (Wildman–Crippen MR) is 78.6 cm³/mol. The molecule has 0 radical (unpaired) electrons. The van der Waals surface area contributed by atoms with Crippen LogP contribution in [0, 0.1) is 5.92 Å². The van der Waals surface area contributed by atoms with Crippen molar-refractivity contribution in [1.29, 1.82) is 0 Å². The molecule has 1 aliphatic rings. The number of ether oxygens (including phenoxy) is 2. The first kappa shape index (κ1) is 16.2. The van der Waals surface area contributed by atoms with Gasteiger partial charge in [0, 0.05) is 32.8 Å². The first-order chi connectivity index (χ1) is 9.22. The van der Waals surface area contributed by atoms with Crippen molar-refractivity contribution in [3.05, 3.63) is 0 Å². The van der Waals surface area contributed by atoms with Gasteiger partial charge in [0.1, 0.15) is 0 Å². The molecule has 1 heterocycles. The van der Waals surface area contributed by atoms with E-state index >= 15 is 0 Å². The summed E-state index contributed by atoms with van der Waals surface area (Å²) in [6, 6.07) is 0. The van der Waals surface area contributed by atoms with Gasteiger partial charge in [0.15, 0.2) is 5.96 Å². The van der Waals surface area contributed by atoms with Crippen molar-refractivity contribution in [2.75, 3.05) is 39.5 Å². The monoisotopic (exact) mass is 271 g/mol. The van der Waals surface area contributed by atoms with Crippen LogP contribution < -0.4 is 10.6 Å². The topological polar surface area (TPSA) is 54.9 Å². The third-order valence-corrected chi connectivity index (χ3v) is 2.81. The summed E-state index contributed by atoms with van der Waals surface area (Å²) >= 11 is 0. The van der Waals surface area contributed by atoms with E-state index in [-0.39, 0.29) is 0 Å². The number of aliphatic imine (C=N–C) groups is 1. The molecular weight excluding hydrogens is 242 g/mol. The molecule has 0 bridgehead atoms. The Hall–Kier alpha value is -0.810. The molecule has 19 heavy (non-hydrogen) atoms. The maximum absolute atomic E-state index is 5.72. The summed E-state index contributed by atoms with van der Waals surface area (Å²) in [5.41, 5.74) is 0. The molecule has 0 aromatic heterocycles. The van der Waals surface area contributed by atoms with Crippen LogP contribution in [0.2, 0.25) is 0 Å². The highest BCUT2D eigenvalue weighted by molar-refractivity contribution is 5.79. The van der Waals surface area contributed by atoms with Crippen LogP contribution in [0.1, 0.15) is 33.6 Å². The van der Waals surface area contributed by atoms with Crippen LogP contribution in [-0.2, 0) is 9.47 Å². The molecule has 0 aliphatic carbocycles. The van der Waals surface area contributed by atoms with Crippen molar-refractivity contribution in [2.45, 2.75) is 39.7 Å². The molecule has 2 N–H and O–H groups in total. The van der Waals surface area contributed by atoms with Crippen molar-refractivity contribution >= 4 is 5.96 Å². The van der Waals surface area contributed by atoms with Gasteiger partial charge in [0.2, 0.25) is 0 Å². The fraction of sp³-hybridized carbons (Fsp3) is 0.929. The lowest BCUT2D eigenvalue weighted by Crippen LogP contribution is -2.38. The zero-order valence-electron chi connectivity index (χ0n) is 12.6. The molecule has 5 heteroatoms. The van der Waals surface area contributed by atoms with E-state index in [2.05, 4.69) is 36.4 Å². The summed E-state index contributed by atoms with van der Waals surface area (Å²) < 4.78 is 11.0. The number of guanidine groups is 1. The number of nitrogens with one attached hydrogen (secondary N) is 2. The summed E-state index contributed by atoms with van der Waals surface area (Å²) in [5.74, 6) is 1.49. The summed E-state index contributed by atoms with van der Waals surface area (Å²) in [6.45, 7) is 11.4. The minimum absolute atomic E-state index is 0.308. The van der Waals surface area contributed by atoms with Gasteiger partial charge in [-0.1, -0.05) is 13.8 Å². The van der Waals surface area contributed by atoms with E-state index in [9.17, 15) is 0 Å². The highest BCUT2D eigenvalue weighted by Crippen LogP contribution is 2.07. The lowest BCUT2D eigenvalue weighted by molar-refractivity contribution is 0.0420. The molecule has 0 amide bonds. The maximum atomic E-state index is 5.72. The molecule has 1 rings (SSSR count). The Morgan fingerprint density at radius 2 is 2.26 bits per heavy atom. The Morgan fingerprint density at radius 1 is 1.42 bits per heavy atom. The predicted octanol–water partition coefficient (Wildman–Crippen LogP) is 1.39. The molecule has 5 nitrogen and oxygen atoms in total. The Kier molecular flexibility index (Phi) is 8.58. The van der Waals surface area contributed by atoms with Crippen molar-refractivity contribution in [1.82, 2.24) is 10.6 Å². The van der Waals surface area contributed by atoms with Crippen molar-refractivity contribution in [3.63, 3.8) is 0 Å². The van der Waals surface area contributed by atoms with Crippen LogP contribution >= 0.6 is 0 Å². The number of rotatable bonds is 8. The van der Waals surface area contributed by atoms with E-state index in [1.807, 2.05) is 0 Å². The zero-order chi connectivity index (χ0) is 13.9. The van der Waals surface area contributed by atoms with E-state index in [1.165, 1.54) is 0 Å². The summed E-state index contributed by atoms with van der Waals surface area (Å²) in [4.78, 5) is 4.52. The van der Waals surface area contributed by atoms with Gasteiger partial charge >= 0.3 is 0 Å². The quantitative estimate of drug-likeness (QED) is 0.398. The van der Waals surface area contributed by atoms with Crippen molar-refractivity contribution in [2.24, 2.45) is 10.9 Å². The fourth-order valence-electron chi connectivity index (χ4n) is 1.79. The molecule has 0 spiro atoms. The average molecular weight is 271 g/mol. The molecule has 1 aliphatic heterocycles. The largest absolute Gasteiger partial charge is 0.379 e. The van der Waals surface area contributed by atoms with Gasteiger partial charge in [-0.15, -0.1) is 0 Å². The van der Waals surface area contributed by atoms with Crippen LogP contribution in [-0.4, -0.2) is 51.5 Å². The maximum Gasteiger partial charge on any atom is 0.191 e. The fourth-order valence-corrected chi connectivity index (χ4v) is 1.79. The standard InChI is InChI=1S/C14H29N3O2/c1-4-15-14(17-10-12(2)3)16-7-5-8-19-13-6-9-18-11-13/h12-13H,4-11H2,1-3H3,(H2,15,16,17). The van der Waals surface area contributed by atoms with Gasteiger partial charge in [-0.2, -0.15) is 0 Å². The van der Waals surface area contributed by atoms with E-state index < -0.39 is 0 Å². The van der Waals surface area contributed by atoms with E-state index in [1.54, 1.807) is 0 Å². The smallest absolute Gasteiger partial charge is 0.191 e. The third kappa shape index (κ3) is 8.06. The first-order valence-corrected chi connectivity index (χ1v) is 7.44. The molecule has 0 aromatic rings. The number of nitrogens with zero attached hydrogens (tertiary/aromatic N) is 1. The third-order valence-electron chi connectivity index (χ3n) is 2.81. The Morgan fingerprint density at radius 3 is 2.89 bits per heavy atom. The lowest BCUT2D eigenvalue weighted by atomic mass is 10.2. The van der Waals surface area contributed by atoms with Gasteiger partial charge in [-0.05, 0) is 25.7 Å². The van der Waals surface area contributed by atoms with Gasteiger partial charge in [-0.25, -0.2) is 0 Å². The molecule has 0 saturated carbocycles. The molecule has 1 atom stereocenters. The number of hydrogen-bond acceptors (Lipinski definition) is 3. The minimum Gasteiger partial charge on any atom is -0.379 e. The second kappa shape index (κ2) is 10.0. The van der Waals surface area contributed by atoms with Crippen LogP contribution in [0.5, 0.6) is 0 Å². The van der Waals surface area contributed by atoms with Gasteiger partial charge in [-0.3, -0.25) is 4.99 Å². The first-order valence-electron chi connectivity index (χ1n) is 7.44. The van der Waals surface area contributed by atoms with Crippen LogP contribution in [0.4, 0.5) is 0 Å². The molecule has 112 valence electrons. The van der Waals surface area contributed by atoms with E-state index in [4.69, 9.17) is 9.47 Å². The second-order valence-corrected chi connectivity index (χ2v) is 5.25. The van der Waals surface area contributed by atoms with E-state index in [0.717, 1.165) is 58.3 Å². The van der Waals surface area contributed by atoms with Crippen LogP contribution in [0.3, 0.4) is 0 Å². The molecule has 1 fully saturated rings. The normalized spacial score (nSPS) is 20.0. The minimum atomic E-state index is 0.308. The second-order valence-electron chi connectivity index (χ2n) is 5.25. The van der Waals surface area contributed by atoms with E-state index in [0.29, 0.717) is 12.0 Å². The molecule has 0 aromatic carbocycles. The molecule has 1 saturated heterocycles. The SMILES string of the molecule is CCNC(=NCC(C)C)NCCCOC1CCOC1. The van der Waals surface area contributed by atoms with Crippen molar-refractivity contribution < 1.29 is 9.47 Å². The summed E-state index contributed by atoms with van der Waals surface area (Å²) in [7, 11) is 0. The highest BCUT2D eigenvalue weighted by atomic mass is 16.5.